The maximum Gasteiger partial charge on any atom is 0.410 e. The molecule has 4 aliphatic heterocycles. The number of pyridine rings is 1. The van der Waals surface area contributed by atoms with Gasteiger partial charge in [-0.3, -0.25) is 14.8 Å². The Balaban J connectivity index is 1.21. The fourth-order valence-corrected chi connectivity index (χ4v) is 8.67. The molecule has 0 saturated carbocycles. The van der Waals surface area contributed by atoms with Gasteiger partial charge in [0.05, 0.1) is 35.2 Å². The molecular formula is C38H39F3N6O4. The summed E-state index contributed by atoms with van der Waals surface area (Å²) in [5.41, 5.74) is -0.732. The van der Waals surface area contributed by atoms with Crippen LogP contribution in [-0.2, 0) is 4.74 Å². The molecule has 4 fully saturated rings. The molecule has 4 saturated heterocycles. The highest BCUT2D eigenvalue weighted by atomic mass is 19.1. The van der Waals surface area contributed by atoms with Crippen molar-refractivity contribution in [3.63, 3.8) is 0 Å². The lowest BCUT2D eigenvalue weighted by Gasteiger charge is -2.41. The molecule has 1 amide bonds. The Morgan fingerprint density at radius 1 is 1.16 bits per heavy atom. The first kappa shape index (κ1) is 33.3. The van der Waals surface area contributed by atoms with Crippen molar-refractivity contribution in [1.82, 2.24) is 24.8 Å². The smallest absolute Gasteiger partial charge is 0.410 e. The van der Waals surface area contributed by atoms with Gasteiger partial charge < -0.3 is 19.5 Å². The van der Waals surface area contributed by atoms with E-state index in [9.17, 15) is 18.7 Å². The second kappa shape index (κ2) is 13.1. The minimum absolute atomic E-state index is 0.0676. The van der Waals surface area contributed by atoms with Crippen molar-refractivity contribution in [2.24, 2.45) is 0 Å². The number of piperazine rings is 1. The molecule has 0 spiro atoms. The maximum absolute atomic E-state index is 17.0. The van der Waals surface area contributed by atoms with Crippen molar-refractivity contribution in [1.29, 1.82) is 0 Å². The Bertz CT molecular complexity index is 2060. The van der Waals surface area contributed by atoms with E-state index in [2.05, 4.69) is 20.8 Å². The van der Waals surface area contributed by atoms with E-state index in [0.717, 1.165) is 45.1 Å². The Labute approximate surface area is 293 Å². The third-order valence-electron chi connectivity index (χ3n) is 11.0. The second-order valence-electron chi connectivity index (χ2n) is 14.2. The van der Waals surface area contributed by atoms with Crippen LogP contribution in [0.1, 0.15) is 57.4 Å². The Hall–Kier alpha value is -4.83. The van der Waals surface area contributed by atoms with Crippen LogP contribution in [0, 0.1) is 24.0 Å². The summed E-state index contributed by atoms with van der Waals surface area (Å²) in [7, 11) is 0. The van der Waals surface area contributed by atoms with Crippen LogP contribution >= 0.6 is 0 Å². The van der Waals surface area contributed by atoms with Crippen molar-refractivity contribution >= 4 is 33.6 Å². The van der Waals surface area contributed by atoms with Gasteiger partial charge in [0, 0.05) is 43.2 Å². The van der Waals surface area contributed by atoms with Gasteiger partial charge in [-0.25, -0.2) is 18.0 Å². The normalized spacial score (nSPS) is 24.3. The first-order valence-corrected chi connectivity index (χ1v) is 17.7. The average Bonchev–Trinajstić information content (AvgIpc) is 3.73. The number of anilines is 1. The standard InChI is InChI=1S/C38H39F3N6O4/c1-3-5-13-50-37(49)47-24-8-9-25(47)20-45(19-24)35-29-17-42-33(28-15-26(48)14-22-7-10-30(40)27(4-2)31(22)28)32(41)34(29)43-36(44-35)51-21-38-11-6-12-46(38)18-23(39)16-38/h2,7,10,14-15,17,23-25,48H,3,5-6,8-9,11-13,16,18-21H2,1H3/t23-,24-,25+,38+/m1/s1. The van der Waals surface area contributed by atoms with Gasteiger partial charge in [0.1, 0.15) is 41.4 Å². The number of aromatic hydroxyl groups is 1. The summed E-state index contributed by atoms with van der Waals surface area (Å²) in [6, 6.07) is 5.06. The van der Waals surface area contributed by atoms with Gasteiger partial charge in [-0.05, 0) is 62.2 Å². The largest absolute Gasteiger partial charge is 0.508 e. The van der Waals surface area contributed by atoms with Gasteiger partial charge in [0.25, 0.3) is 0 Å². The number of benzene rings is 2. The highest BCUT2D eigenvalue weighted by molar-refractivity contribution is 6.03. The molecule has 0 radical (unpaired) electrons. The fraction of sp³-hybridized carbons (Fsp3) is 0.474. The fourth-order valence-electron chi connectivity index (χ4n) is 8.67. The summed E-state index contributed by atoms with van der Waals surface area (Å²) in [6.45, 7) is 4.53. The van der Waals surface area contributed by atoms with Crippen LogP contribution < -0.4 is 9.64 Å². The number of amides is 1. The Morgan fingerprint density at radius 3 is 2.73 bits per heavy atom. The summed E-state index contributed by atoms with van der Waals surface area (Å²) in [4.78, 5) is 32.9. The van der Waals surface area contributed by atoms with Crippen LogP contribution in [-0.4, -0.2) is 99.1 Å². The number of unbranched alkanes of at least 4 members (excludes halogenated alkanes) is 1. The summed E-state index contributed by atoms with van der Waals surface area (Å²) in [5.74, 6) is 1.10. The van der Waals surface area contributed by atoms with Crippen molar-refractivity contribution in [3.8, 4) is 35.4 Å². The van der Waals surface area contributed by atoms with Gasteiger partial charge in [0.15, 0.2) is 5.82 Å². The van der Waals surface area contributed by atoms with Crippen LogP contribution in [0.4, 0.5) is 23.8 Å². The number of phenolic OH excluding ortho intramolecular Hbond substituents is 1. The van der Waals surface area contributed by atoms with E-state index in [-0.39, 0.29) is 64.3 Å². The zero-order valence-corrected chi connectivity index (χ0v) is 28.4. The molecule has 2 aromatic carbocycles. The topological polar surface area (TPSA) is 104 Å². The van der Waals surface area contributed by atoms with Gasteiger partial charge in [-0.1, -0.05) is 25.3 Å². The average molecular weight is 701 g/mol. The number of carbonyl (C=O) groups is 1. The first-order valence-electron chi connectivity index (χ1n) is 17.7. The Kier molecular flexibility index (Phi) is 8.53. The van der Waals surface area contributed by atoms with Gasteiger partial charge in [0.2, 0.25) is 0 Å². The van der Waals surface area contributed by atoms with Gasteiger partial charge in [-0.2, -0.15) is 9.97 Å². The number of ether oxygens (including phenoxy) is 2. The molecule has 4 aromatic rings. The van der Waals surface area contributed by atoms with E-state index < -0.39 is 23.3 Å². The highest BCUT2D eigenvalue weighted by Gasteiger charge is 2.50. The minimum Gasteiger partial charge on any atom is -0.508 e. The number of nitrogens with zero attached hydrogens (tertiary/aromatic N) is 6. The second-order valence-corrected chi connectivity index (χ2v) is 14.2. The molecule has 2 aromatic heterocycles. The molecule has 0 aliphatic carbocycles. The van der Waals surface area contributed by atoms with E-state index in [1.807, 2.05) is 16.7 Å². The minimum atomic E-state index is -0.955. The van der Waals surface area contributed by atoms with Crippen LogP contribution in [0.25, 0.3) is 32.9 Å². The van der Waals surface area contributed by atoms with Gasteiger partial charge in [-0.15, -0.1) is 6.42 Å². The number of hydrogen-bond acceptors (Lipinski definition) is 9. The van der Waals surface area contributed by atoms with Crippen molar-refractivity contribution in [3.05, 3.63) is 47.7 Å². The maximum atomic E-state index is 17.0. The van der Waals surface area contributed by atoms with Crippen molar-refractivity contribution in [2.75, 3.05) is 44.3 Å². The van der Waals surface area contributed by atoms with Crippen LogP contribution in [0.2, 0.25) is 0 Å². The number of terminal acetylenes is 1. The third-order valence-corrected chi connectivity index (χ3v) is 11.0. The predicted octanol–water partition coefficient (Wildman–Crippen LogP) is 6.36. The monoisotopic (exact) mass is 700 g/mol. The number of halogens is 3. The molecule has 10 nitrogen and oxygen atoms in total. The molecule has 1 N–H and O–H groups in total. The Morgan fingerprint density at radius 2 is 1.96 bits per heavy atom. The predicted molar refractivity (Wildman–Crippen MR) is 185 cm³/mol. The van der Waals surface area contributed by atoms with E-state index >= 15 is 4.39 Å². The molecule has 4 atom stereocenters. The number of alkyl halides is 1. The lowest BCUT2D eigenvalue weighted by molar-refractivity contribution is 0.0776. The molecular weight excluding hydrogens is 661 g/mol. The zero-order valence-electron chi connectivity index (χ0n) is 28.4. The number of aromatic nitrogens is 3. The van der Waals surface area contributed by atoms with E-state index in [0.29, 0.717) is 49.3 Å². The number of phenols is 1. The summed E-state index contributed by atoms with van der Waals surface area (Å²) in [6.07, 6.45) is 11.2. The quantitative estimate of drug-likeness (QED) is 0.166. The molecule has 6 heterocycles. The molecule has 2 bridgehead atoms. The van der Waals surface area contributed by atoms with E-state index in [1.165, 1.54) is 30.5 Å². The molecule has 51 heavy (non-hydrogen) atoms. The molecule has 8 rings (SSSR count). The lowest BCUT2D eigenvalue weighted by atomic mass is 9.95. The molecule has 13 heteroatoms. The summed E-state index contributed by atoms with van der Waals surface area (Å²) in [5, 5.41) is 11.6. The highest BCUT2D eigenvalue weighted by Crippen LogP contribution is 2.42. The summed E-state index contributed by atoms with van der Waals surface area (Å²) < 4.78 is 58.3. The first-order chi connectivity index (χ1) is 24.7. The van der Waals surface area contributed by atoms with Crippen LogP contribution in [0.5, 0.6) is 11.8 Å². The van der Waals surface area contributed by atoms with Gasteiger partial charge >= 0.3 is 12.1 Å². The number of fused-ring (bicyclic) bond motifs is 5. The van der Waals surface area contributed by atoms with E-state index in [4.69, 9.17) is 20.9 Å². The number of rotatable bonds is 8. The SMILES string of the molecule is C#Cc1c(F)ccc2cc(O)cc(-c3ncc4c(N5C[C@H]6CC[C@@H](C5)N6C(=O)OCCCC)nc(OC[C@@]56CCCN5C[C@H](F)C6)nc4c3F)c12. The zero-order chi connectivity index (χ0) is 35.4. The molecule has 4 aliphatic rings. The van der Waals surface area contributed by atoms with Crippen molar-refractivity contribution in [2.45, 2.75) is 75.7 Å². The van der Waals surface area contributed by atoms with Crippen molar-refractivity contribution < 1.29 is 32.5 Å². The number of carbonyl (C=O) groups excluding carboxylic acids is 1. The van der Waals surface area contributed by atoms with Crippen LogP contribution in [0.3, 0.4) is 0 Å². The van der Waals surface area contributed by atoms with Crippen LogP contribution in [0.15, 0.2) is 30.5 Å². The molecule has 266 valence electrons. The lowest BCUT2D eigenvalue weighted by Crippen LogP contribution is -2.56. The third kappa shape index (κ3) is 5.73. The summed E-state index contributed by atoms with van der Waals surface area (Å²) >= 11 is 0. The molecule has 0 unspecified atom stereocenters. The number of hydrogen-bond donors (Lipinski definition) is 1. The van der Waals surface area contributed by atoms with E-state index in [1.54, 1.807) is 0 Å².